The largest absolute Gasteiger partial charge is 0.373 e. The van der Waals surface area contributed by atoms with Gasteiger partial charge in [-0.3, -0.25) is 9.69 Å². The number of ether oxygens (including phenoxy) is 1. The van der Waals surface area contributed by atoms with E-state index in [0.717, 1.165) is 38.3 Å². The fraction of sp³-hybridized carbons (Fsp3) is 0.722. The summed E-state index contributed by atoms with van der Waals surface area (Å²) in [7, 11) is 2.15. The van der Waals surface area contributed by atoms with Gasteiger partial charge in [0, 0.05) is 45.7 Å². The maximum absolute atomic E-state index is 11.5. The van der Waals surface area contributed by atoms with E-state index in [1.165, 1.54) is 17.7 Å². The molecule has 7 nitrogen and oxygen atoms in total. The van der Waals surface area contributed by atoms with Gasteiger partial charge in [-0.05, 0) is 37.9 Å². The van der Waals surface area contributed by atoms with Crippen molar-refractivity contribution in [3.63, 3.8) is 0 Å². The average molecular weight is 345 g/mol. The van der Waals surface area contributed by atoms with Crippen LogP contribution in [0.25, 0.3) is 0 Å². The number of nitrogens with zero attached hydrogens (tertiary/aromatic N) is 5. The van der Waals surface area contributed by atoms with Crippen molar-refractivity contribution >= 4 is 11.7 Å². The third-order valence-corrected chi connectivity index (χ3v) is 5.69. The van der Waals surface area contributed by atoms with Crippen molar-refractivity contribution in [3.05, 3.63) is 17.3 Å². The van der Waals surface area contributed by atoms with Gasteiger partial charge in [-0.2, -0.15) is 5.10 Å². The zero-order chi connectivity index (χ0) is 17.4. The minimum atomic E-state index is 0.108. The summed E-state index contributed by atoms with van der Waals surface area (Å²) in [5, 5.41) is 8.79. The van der Waals surface area contributed by atoms with Crippen LogP contribution in [0, 0.1) is 0 Å². The first kappa shape index (κ1) is 16.7. The lowest BCUT2D eigenvalue weighted by Gasteiger charge is -2.46. The summed E-state index contributed by atoms with van der Waals surface area (Å²) in [6.07, 6.45) is 3.53. The fourth-order valence-electron chi connectivity index (χ4n) is 3.98. The molecule has 1 amide bonds. The number of rotatable bonds is 4. The van der Waals surface area contributed by atoms with E-state index in [0.29, 0.717) is 25.7 Å². The molecule has 1 aliphatic carbocycles. The second-order valence-electron chi connectivity index (χ2n) is 7.48. The Morgan fingerprint density at radius 3 is 2.96 bits per heavy atom. The normalized spacial score (nSPS) is 23.7. The van der Waals surface area contributed by atoms with Crippen LogP contribution in [0.3, 0.4) is 0 Å². The van der Waals surface area contributed by atoms with Crippen LogP contribution in [-0.4, -0.2) is 84.4 Å². The smallest absolute Gasteiger partial charge is 0.219 e. The highest BCUT2D eigenvalue weighted by Crippen LogP contribution is 2.26. The molecule has 4 rings (SSSR count). The van der Waals surface area contributed by atoms with Gasteiger partial charge in [-0.15, -0.1) is 5.10 Å². The maximum Gasteiger partial charge on any atom is 0.219 e. The lowest BCUT2D eigenvalue weighted by Crippen LogP contribution is -2.61. The molecule has 0 spiro atoms. The molecule has 25 heavy (non-hydrogen) atoms. The number of carbonyl (C=O) groups is 1. The highest BCUT2D eigenvalue weighted by Gasteiger charge is 2.33. The molecule has 1 aromatic heterocycles. The van der Waals surface area contributed by atoms with Crippen molar-refractivity contribution < 1.29 is 9.53 Å². The Kier molecular flexibility index (Phi) is 4.60. The van der Waals surface area contributed by atoms with Crippen LogP contribution in [0.5, 0.6) is 0 Å². The molecule has 7 heteroatoms. The zero-order valence-corrected chi connectivity index (χ0v) is 15.1. The topological polar surface area (TPSA) is 61.8 Å². The van der Waals surface area contributed by atoms with Crippen LogP contribution in [0.4, 0.5) is 5.82 Å². The highest BCUT2D eigenvalue weighted by atomic mass is 16.5. The number of fused-ring (bicyclic) bond motifs is 1. The molecule has 3 heterocycles. The molecule has 0 N–H and O–H groups in total. The summed E-state index contributed by atoms with van der Waals surface area (Å²) in [6.45, 7) is 6.50. The van der Waals surface area contributed by atoms with Crippen molar-refractivity contribution in [1.82, 2.24) is 20.0 Å². The van der Waals surface area contributed by atoms with Gasteiger partial charge in [0.25, 0.3) is 0 Å². The Bertz CT molecular complexity index is 646. The third-order valence-electron chi connectivity index (χ3n) is 5.69. The van der Waals surface area contributed by atoms with Gasteiger partial charge in [-0.1, -0.05) is 0 Å². The van der Waals surface area contributed by atoms with Crippen LogP contribution >= 0.6 is 0 Å². The second-order valence-corrected chi connectivity index (χ2v) is 7.48. The molecule has 3 aliphatic rings. The molecular weight excluding hydrogens is 318 g/mol. The fourth-order valence-corrected chi connectivity index (χ4v) is 3.98. The number of anilines is 1. The summed E-state index contributed by atoms with van der Waals surface area (Å²) in [6, 6.07) is 2.73. The molecule has 2 fully saturated rings. The molecule has 1 aromatic rings. The maximum atomic E-state index is 11.5. The molecule has 0 aromatic carbocycles. The van der Waals surface area contributed by atoms with Crippen molar-refractivity contribution in [2.75, 3.05) is 51.3 Å². The van der Waals surface area contributed by atoms with Crippen LogP contribution in [0.2, 0.25) is 0 Å². The Balaban J connectivity index is 1.28. The number of hydrogen-bond acceptors (Lipinski definition) is 6. The van der Waals surface area contributed by atoms with E-state index < -0.39 is 0 Å². The lowest BCUT2D eigenvalue weighted by atomic mass is 10.1. The minimum Gasteiger partial charge on any atom is -0.373 e. The van der Waals surface area contributed by atoms with E-state index in [-0.39, 0.29) is 12.0 Å². The Morgan fingerprint density at radius 2 is 2.16 bits per heavy atom. The Labute approximate surface area is 148 Å². The molecule has 2 saturated heterocycles. The van der Waals surface area contributed by atoms with Gasteiger partial charge >= 0.3 is 0 Å². The third kappa shape index (κ3) is 3.48. The number of morpholine rings is 1. The number of carbonyl (C=O) groups excluding carboxylic acids is 1. The first-order valence-corrected chi connectivity index (χ1v) is 9.28. The second kappa shape index (κ2) is 6.88. The molecule has 1 atom stereocenters. The first-order chi connectivity index (χ1) is 12.1. The van der Waals surface area contributed by atoms with E-state index in [2.05, 4.69) is 33.1 Å². The summed E-state index contributed by atoms with van der Waals surface area (Å²) in [5.41, 5.74) is 2.56. The summed E-state index contributed by atoms with van der Waals surface area (Å²) >= 11 is 0. The van der Waals surface area contributed by atoms with Gasteiger partial charge in [0.1, 0.15) is 0 Å². The van der Waals surface area contributed by atoms with Gasteiger partial charge in [0.15, 0.2) is 5.82 Å². The van der Waals surface area contributed by atoms with Gasteiger partial charge in [0.2, 0.25) is 5.91 Å². The number of aryl methyl sites for hydroxylation is 2. The molecule has 0 saturated carbocycles. The van der Waals surface area contributed by atoms with Gasteiger partial charge in [0.05, 0.1) is 18.4 Å². The molecular formula is C18H27N5O2. The molecule has 0 radical (unpaired) electrons. The van der Waals surface area contributed by atoms with Gasteiger partial charge < -0.3 is 14.5 Å². The monoisotopic (exact) mass is 345 g/mol. The van der Waals surface area contributed by atoms with E-state index in [4.69, 9.17) is 4.74 Å². The van der Waals surface area contributed by atoms with Crippen molar-refractivity contribution in [3.8, 4) is 0 Å². The van der Waals surface area contributed by atoms with E-state index in [9.17, 15) is 4.79 Å². The van der Waals surface area contributed by atoms with E-state index in [1.807, 2.05) is 4.90 Å². The van der Waals surface area contributed by atoms with Crippen molar-refractivity contribution in [1.29, 1.82) is 0 Å². The Hall–Kier alpha value is -1.73. The SMILES string of the molecule is CC(=O)N1CCOC(CN(C)C2CN(c3cc4c(nn3)CCC4)C2)C1. The standard InChI is InChI=1S/C18H27N5O2/c1-13(24)22-6-7-25-16(12-22)11-21(2)15-9-23(10-15)18-8-14-4-3-5-17(14)19-20-18/h8,15-16H,3-7,9-12H2,1-2H3. The van der Waals surface area contributed by atoms with Crippen molar-refractivity contribution in [2.24, 2.45) is 0 Å². The summed E-state index contributed by atoms with van der Waals surface area (Å²) < 4.78 is 5.84. The number of amides is 1. The highest BCUT2D eigenvalue weighted by molar-refractivity contribution is 5.73. The molecule has 136 valence electrons. The predicted octanol–water partition coefficient (Wildman–Crippen LogP) is 0.333. The quantitative estimate of drug-likeness (QED) is 0.784. The number of likely N-dealkylation sites (N-methyl/N-ethyl adjacent to an activating group) is 1. The predicted molar refractivity (Wildman–Crippen MR) is 94.7 cm³/mol. The first-order valence-electron chi connectivity index (χ1n) is 9.28. The number of hydrogen-bond donors (Lipinski definition) is 0. The molecule has 2 aliphatic heterocycles. The molecule has 1 unspecified atom stereocenters. The lowest BCUT2D eigenvalue weighted by molar-refractivity contribution is -0.137. The summed E-state index contributed by atoms with van der Waals surface area (Å²) in [5.74, 6) is 1.16. The molecule has 0 bridgehead atoms. The van der Waals surface area contributed by atoms with E-state index in [1.54, 1.807) is 6.92 Å². The zero-order valence-electron chi connectivity index (χ0n) is 15.1. The van der Waals surface area contributed by atoms with Crippen LogP contribution in [0.15, 0.2) is 6.07 Å². The van der Waals surface area contributed by atoms with Crippen LogP contribution < -0.4 is 4.90 Å². The number of aromatic nitrogens is 2. The Morgan fingerprint density at radius 1 is 1.32 bits per heavy atom. The van der Waals surface area contributed by atoms with Crippen molar-refractivity contribution in [2.45, 2.75) is 38.3 Å². The van der Waals surface area contributed by atoms with E-state index >= 15 is 0 Å². The van der Waals surface area contributed by atoms with Crippen LogP contribution in [0.1, 0.15) is 24.6 Å². The summed E-state index contributed by atoms with van der Waals surface area (Å²) in [4.78, 5) is 18.1. The van der Waals surface area contributed by atoms with Gasteiger partial charge in [-0.25, -0.2) is 0 Å². The van der Waals surface area contributed by atoms with Crippen LogP contribution in [-0.2, 0) is 22.4 Å². The average Bonchev–Trinajstić information content (AvgIpc) is 3.01. The minimum absolute atomic E-state index is 0.108.